The summed E-state index contributed by atoms with van der Waals surface area (Å²) in [6.45, 7) is 5.48. The van der Waals surface area contributed by atoms with Crippen molar-refractivity contribution in [3.05, 3.63) is 46.1 Å². The second-order valence-electron chi connectivity index (χ2n) is 10.5. The summed E-state index contributed by atoms with van der Waals surface area (Å²) in [4.78, 5) is 19.9. The predicted octanol–water partition coefficient (Wildman–Crippen LogP) is 2.87. The lowest BCUT2D eigenvalue weighted by molar-refractivity contribution is -0.00345. The highest BCUT2D eigenvalue weighted by Crippen LogP contribution is 2.39. The van der Waals surface area contributed by atoms with Crippen LogP contribution >= 0.6 is 11.6 Å². The normalized spacial score (nSPS) is 25.6. The lowest BCUT2D eigenvalue weighted by Gasteiger charge is -2.36. The van der Waals surface area contributed by atoms with Gasteiger partial charge in [-0.3, -0.25) is 4.79 Å². The van der Waals surface area contributed by atoms with Crippen molar-refractivity contribution < 1.29 is 13.9 Å². The number of fused-ring (bicyclic) bond motifs is 2. The van der Waals surface area contributed by atoms with Crippen LogP contribution in [0.1, 0.15) is 47.9 Å². The van der Waals surface area contributed by atoms with E-state index in [9.17, 15) is 4.79 Å². The Kier molecular flexibility index (Phi) is 6.29. The van der Waals surface area contributed by atoms with Crippen molar-refractivity contribution in [2.45, 2.75) is 57.7 Å². The van der Waals surface area contributed by atoms with Gasteiger partial charge >= 0.3 is 0 Å². The summed E-state index contributed by atoms with van der Waals surface area (Å²) >= 11 is 6.32. The van der Waals surface area contributed by atoms with Crippen molar-refractivity contribution in [3.8, 4) is 0 Å². The number of nitrogens with zero attached hydrogens (tertiary/aromatic N) is 5. The Morgan fingerprint density at radius 1 is 1.38 bits per heavy atom. The van der Waals surface area contributed by atoms with Gasteiger partial charge in [-0.25, -0.2) is 9.37 Å². The van der Waals surface area contributed by atoms with Crippen molar-refractivity contribution in [2.75, 3.05) is 31.2 Å². The first-order valence-corrected chi connectivity index (χ1v) is 13.3. The van der Waals surface area contributed by atoms with Crippen molar-refractivity contribution >= 4 is 34.4 Å². The number of carbonyl (C=O) groups excluding carboxylic acids is 1. The molecule has 11 heteroatoms. The lowest BCUT2D eigenvalue weighted by atomic mass is 9.79. The maximum Gasteiger partial charge on any atom is 0.272 e. The van der Waals surface area contributed by atoms with Gasteiger partial charge in [0.15, 0.2) is 11.3 Å². The van der Waals surface area contributed by atoms with Crippen LogP contribution in [0, 0.1) is 11.2 Å². The Morgan fingerprint density at radius 2 is 2.24 bits per heavy atom. The van der Waals surface area contributed by atoms with E-state index in [2.05, 4.69) is 20.4 Å². The number of hydrogen-bond donors (Lipinski definition) is 2. The Bertz CT molecular complexity index is 1360. The van der Waals surface area contributed by atoms with Gasteiger partial charge in [0.2, 0.25) is 0 Å². The van der Waals surface area contributed by atoms with Gasteiger partial charge in [-0.1, -0.05) is 11.6 Å². The van der Waals surface area contributed by atoms with Crippen molar-refractivity contribution in [3.63, 3.8) is 0 Å². The fraction of sp³-hybridized carbons (Fsp3) is 0.538. The monoisotopic (exact) mass is 527 g/mol. The van der Waals surface area contributed by atoms with Crippen LogP contribution in [0.25, 0.3) is 11.0 Å². The summed E-state index contributed by atoms with van der Waals surface area (Å²) in [6.07, 6.45) is 5.42. The average molecular weight is 528 g/mol. The van der Waals surface area contributed by atoms with Crippen LogP contribution in [0.5, 0.6) is 0 Å². The molecule has 9 nitrogen and oxygen atoms in total. The maximum absolute atomic E-state index is 15.3. The highest BCUT2D eigenvalue weighted by atomic mass is 35.5. The molecule has 2 fully saturated rings. The summed E-state index contributed by atoms with van der Waals surface area (Å²) < 4.78 is 22.9. The molecule has 3 aromatic heterocycles. The number of rotatable bonds is 4. The molecule has 3 unspecified atom stereocenters. The molecule has 2 saturated heterocycles. The second kappa shape index (κ2) is 9.49. The zero-order valence-electron chi connectivity index (χ0n) is 20.8. The summed E-state index contributed by atoms with van der Waals surface area (Å²) in [5.41, 5.74) is 8.56. The molecule has 0 bridgehead atoms. The van der Waals surface area contributed by atoms with Gasteiger partial charge in [0, 0.05) is 72.6 Å². The molecule has 3 atom stereocenters. The number of halogens is 2. The predicted molar refractivity (Wildman–Crippen MR) is 138 cm³/mol. The van der Waals surface area contributed by atoms with E-state index < -0.39 is 0 Å². The molecular formula is C26H31ClFN7O2. The number of nitrogens with one attached hydrogen (secondary N) is 1. The number of nitrogens with two attached hydrogens (primary N) is 1. The number of anilines is 1. The third kappa shape index (κ3) is 4.34. The van der Waals surface area contributed by atoms with Crippen LogP contribution in [-0.4, -0.2) is 64.0 Å². The number of aromatic nitrogens is 4. The zero-order chi connectivity index (χ0) is 25.7. The van der Waals surface area contributed by atoms with Gasteiger partial charge in [0.25, 0.3) is 5.91 Å². The number of pyridine rings is 1. The molecule has 3 aromatic rings. The van der Waals surface area contributed by atoms with E-state index in [1.165, 1.54) is 6.07 Å². The first kappa shape index (κ1) is 24.5. The van der Waals surface area contributed by atoms with E-state index in [1.807, 2.05) is 11.5 Å². The summed E-state index contributed by atoms with van der Waals surface area (Å²) in [5, 5.41) is 12.5. The molecule has 1 amide bonds. The fourth-order valence-electron chi connectivity index (χ4n) is 6.05. The molecule has 0 radical (unpaired) electrons. The van der Waals surface area contributed by atoms with E-state index >= 15 is 4.39 Å². The minimum Gasteiger partial charge on any atom is -0.381 e. The number of hydrogen-bond acceptors (Lipinski definition) is 7. The number of aryl methyl sites for hydroxylation is 2. The van der Waals surface area contributed by atoms with Gasteiger partial charge in [0.05, 0.1) is 11.6 Å². The van der Waals surface area contributed by atoms with E-state index in [0.29, 0.717) is 66.4 Å². The van der Waals surface area contributed by atoms with Crippen LogP contribution < -0.4 is 16.0 Å². The van der Waals surface area contributed by atoms with Crippen molar-refractivity contribution in [2.24, 2.45) is 11.1 Å². The topological polar surface area (TPSA) is 111 Å². The van der Waals surface area contributed by atoms with E-state index in [1.54, 1.807) is 12.3 Å². The summed E-state index contributed by atoms with van der Waals surface area (Å²) in [7, 11) is 0. The van der Waals surface area contributed by atoms with Crippen LogP contribution in [0.3, 0.4) is 0 Å². The maximum atomic E-state index is 15.3. The molecule has 5 heterocycles. The highest BCUT2D eigenvalue weighted by molar-refractivity contribution is 6.35. The minimum atomic E-state index is -0.348. The van der Waals surface area contributed by atoms with Crippen LogP contribution in [0.2, 0.25) is 5.02 Å². The molecule has 6 rings (SSSR count). The third-order valence-corrected chi connectivity index (χ3v) is 8.49. The second-order valence-corrected chi connectivity index (χ2v) is 10.9. The molecule has 0 saturated carbocycles. The summed E-state index contributed by atoms with van der Waals surface area (Å²) in [5.74, 6) is -0.00225. The molecular weight excluding hydrogens is 497 g/mol. The van der Waals surface area contributed by atoms with Gasteiger partial charge in [0.1, 0.15) is 11.6 Å². The third-order valence-electron chi connectivity index (χ3n) is 8.19. The standard InChI is InChI=1S/C26H31ClFN7O2/c1-2-34-11-18(27)16-9-21(32-33-24(16)34)25(36)30-15-4-5-20-17(8-15)19(28)10-23(31-20)35-12-22(29)26(13-35)6-3-7-37-14-26/h9-11,15,22H,2-8,12-14,29H2,1H3,(H,30,36). The van der Waals surface area contributed by atoms with E-state index in [4.69, 9.17) is 27.1 Å². The van der Waals surface area contributed by atoms with Crippen LogP contribution in [0.4, 0.5) is 10.2 Å². The highest BCUT2D eigenvalue weighted by Gasteiger charge is 2.46. The molecule has 3 aliphatic rings. The van der Waals surface area contributed by atoms with E-state index in [-0.39, 0.29) is 34.9 Å². The van der Waals surface area contributed by atoms with Crippen molar-refractivity contribution in [1.29, 1.82) is 0 Å². The molecule has 2 aliphatic heterocycles. The molecule has 3 N–H and O–H groups in total. The molecule has 1 spiro atoms. The molecule has 0 aromatic carbocycles. The molecule has 1 aliphatic carbocycles. The van der Waals surface area contributed by atoms with Crippen LogP contribution in [0.15, 0.2) is 18.3 Å². The average Bonchev–Trinajstić information content (AvgIpc) is 3.40. The SMILES string of the molecule is CCn1cc(Cl)c2cc(C(=O)NC3CCc4nc(N5CC(N)C6(CCCOC6)C5)cc(F)c4C3)nnc21. The Labute approximate surface area is 219 Å². The number of amides is 1. The first-order chi connectivity index (χ1) is 17.9. The largest absolute Gasteiger partial charge is 0.381 e. The van der Waals surface area contributed by atoms with E-state index in [0.717, 1.165) is 31.7 Å². The van der Waals surface area contributed by atoms with Gasteiger partial charge in [-0.15, -0.1) is 10.2 Å². The molecule has 196 valence electrons. The Hall–Kier alpha value is -2.82. The van der Waals surface area contributed by atoms with Crippen molar-refractivity contribution in [1.82, 2.24) is 25.1 Å². The van der Waals surface area contributed by atoms with Gasteiger partial charge < -0.3 is 25.3 Å². The number of carbonyl (C=O) groups is 1. The first-order valence-electron chi connectivity index (χ1n) is 13.0. The Morgan fingerprint density at radius 3 is 3.03 bits per heavy atom. The smallest absolute Gasteiger partial charge is 0.272 e. The Balaban J connectivity index is 1.16. The van der Waals surface area contributed by atoms with Gasteiger partial charge in [-0.05, 0) is 45.1 Å². The number of ether oxygens (including phenoxy) is 1. The molecule has 37 heavy (non-hydrogen) atoms. The lowest BCUT2D eigenvalue weighted by Crippen LogP contribution is -2.46. The summed E-state index contributed by atoms with van der Waals surface area (Å²) in [6, 6.07) is 2.92. The fourth-order valence-corrected chi connectivity index (χ4v) is 6.31. The van der Waals surface area contributed by atoms with Gasteiger partial charge in [-0.2, -0.15) is 0 Å². The van der Waals surface area contributed by atoms with Crippen LogP contribution in [-0.2, 0) is 24.1 Å². The minimum absolute atomic E-state index is 0.0222. The zero-order valence-corrected chi connectivity index (χ0v) is 21.6. The quantitative estimate of drug-likeness (QED) is 0.536.